The Morgan fingerprint density at radius 1 is 1.25 bits per heavy atom. The fourth-order valence-electron chi connectivity index (χ4n) is 2.74. The normalized spacial score (nSPS) is 11.9. The summed E-state index contributed by atoms with van der Waals surface area (Å²) < 4.78 is 1.89. The summed E-state index contributed by atoms with van der Waals surface area (Å²) in [4.78, 5) is 25.1. The van der Waals surface area contributed by atoms with Crippen molar-refractivity contribution in [3.63, 3.8) is 0 Å². The number of carbonyl (C=O) groups is 2. The van der Waals surface area contributed by atoms with E-state index in [0.717, 1.165) is 22.6 Å². The van der Waals surface area contributed by atoms with Gasteiger partial charge in [0.15, 0.2) is 0 Å². The molecule has 0 aliphatic heterocycles. The second-order valence-corrected chi connectivity index (χ2v) is 6.01. The molecule has 24 heavy (non-hydrogen) atoms. The van der Waals surface area contributed by atoms with Crippen molar-refractivity contribution in [3.8, 4) is 5.69 Å². The number of benzene rings is 1. The van der Waals surface area contributed by atoms with Crippen molar-refractivity contribution in [3.05, 3.63) is 47.3 Å². The van der Waals surface area contributed by atoms with Gasteiger partial charge in [0.1, 0.15) is 6.04 Å². The predicted octanol–water partition coefficient (Wildman–Crippen LogP) is 1.97. The van der Waals surface area contributed by atoms with E-state index in [0.29, 0.717) is 6.54 Å². The molecule has 1 N–H and O–H groups in total. The van der Waals surface area contributed by atoms with Crippen LogP contribution >= 0.6 is 0 Å². The van der Waals surface area contributed by atoms with Gasteiger partial charge in [0.25, 0.3) is 0 Å². The van der Waals surface area contributed by atoms with Crippen molar-refractivity contribution in [2.45, 2.75) is 40.3 Å². The third-order valence-corrected chi connectivity index (χ3v) is 4.00. The van der Waals surface area contributed by atoms with Gasteiger partial charge in [-0.25, -0.2) is 4.68 Å². The Labute approximate surface area is 142 Å². The van der Waals surface area contributed by atoms with Crippen molar-refractivity contribution in [2.24, 2.45) is 0 Å². The summed E-state index contributed by atoms with van der Waals surface area (Å²) in [5.41, 5.74) is 3.91. The molecule has 0 radical (unpaired) electrons. The van der Waals surface area contributed by atoms with Crippen LogP contribution in [0.5, 0.6) is 0 Å². The van der Waals surface area contributed by atoms with E-state index in [1.54, 1.807) is 18.9 Å². The van der Waals surface area contributed by atoms with Crippen LogP contribution in [0.4, 0.5) is 0 Å². The van der Waals surface area contributed by atoms with Crippen molar-refractivity contribution in [1.82, 2.24) is 20.0 Å². The van der Waals surface area contributed by atoms with E-state index >= 15 is 0 Å². The zero-order chi connectivity index (χ0) is 17.9. The molecule has 0 saturated carbocycles. The maximum absolute atomic E-state index is 12.4. The number of hydrogen-bond acceptors (Lipinski definition) is 3. The highest BCUT2D eigenvalue weighted by atomic mass is 16.2. The average Bonchev–Trinajstić information content (AvgIpc) is 2.82. The first kappa shape index (κ1) is 17.7. The van der Waals surface area contributed by atoms with Gasteiger partial charge < -0.3 is 10.2 Å². The molecule has 0 bridgehead atoms. The monoisotopic (exact) mass is 328 g/mol. The average molecular weight is 328 g/mol. The number of aryl methyl sites for hydroxylation is 1. The molecule has 0 aliphatic rings. The summed E-state index contributed by atoms with van der Waals surface area (Å²) in [6.07, 6.45) is 0. The Morgan fingerprint density at radius 2 is 1.88 bits per heavy atom. The maximum Gasteiger partial charge on any atom is 0.244 e. The number of aromatic nitrogens is 2. The minimum Gasteiger partial charge on any atom is -0.345 e. The van der Waals surface area contributed by atoms with Gasteiger partial charge in [-0.2, -0.15) is 5.10 Å². The lowest BCUT2D eigenvalue weighted by molar-refractivity contribution is -0.134. The highest BCUT2D eigenvalue weighted by molar-refractivity contribution is 5.86. The third kappa shape index (κ3) is 3.82. The molecular weight excluding hydrogens is 304 g/mol. The van der Waals surface area contributed by atoms with Gasteiger partial charge >= 0.3 is 0 Å². The van der Waals surface area contributed by atoms with Crippen LogP contribution in [-0.4, -0.2) is 39.6 Å². The van der Waals surface area contributed by atoms with Crippen LogP contribution in [0.15, 0.2) is 30.3 Å². The summed E-state index contributed by atoms with van der Waals surface area (Å²) in [6.45, 7) is 7.48. The molecule has 1 unspecified atom stereocenters. The van der Waals surface area contributed by atoms with Crippen molar-refractivity contribution in [2.75, 3.05) is 7.05 Å². The predicted molar refractivity (Wildman–Crippen MR) is 92.8 cm³/mol. The van der Waals surface area contributed by atoms with Crippen LogP contribution in [0.1, 0.15) is 30.8 Å². The molecule has 1 aromatic carbocycles. The molecule has 6 nitrogen and oxygen atoms in total. The largest absolute Gasteiger partial charge is 0.345 e. The molecule has 0 saturated heterocycles. The third-order valence-electron chi connectivity index (χ3n) is 4.00. The zero-order valence-corrected chi connectivity index (χ0v) is 14.8. The number of hydrogen-bond donors (Lipinski definition) is 1. The highest BCUT2D eigenvalue weighted by Crippen LogP contribution is 2.19. The first-order valence-corrected chi connectivity index (χ1v) is 7.94. The van der Waals surface area contributed by atoms with E-state index in [2.05, 4.69) is 10.4 Å². The molecule has 0 fully saturated rings. The summed E-state index contributed by atoms with van der Waals surface area (Å²) in [7, 11) is 1.74. The fraction of sp³-hybridized carbons (Fsp3) is 0.389. The number of para-hydroxylation sites is 1. The second kappa shape index (κ2) is 7.29. The maximum atomic E-state index is 12.4. The van der Waals surface area contributed by atoms with Crippen molar-refractivity contribution >= 4 is 11.8 Å². The molecule has 2 rings (SSSR count). The molecule has 1 aromatic heterocycles. The van der Waals surface area contributed by atoms with Crippen LogP contribution in [0, 0.1) is 13.8 Å². The van der Waals surface area contributed by atoms with Gasteiger partial charge in [-0.3, -0.25) is 9.59 Å². The summed E-state index contributed by atoms with van der Waals surface area (Å²) in [5.74, 6) is -0.343. The van der Waals surface area contributed by atoms with E-state index in [1.165, 1.54) is 6.92 Å². The minimum absolute atomic E-state index is 0.128. The zero-order valence-electron chi connectivity index (χ0n) is 14.8. The number of rotatable bonds is 5. The van der Waals surface area contributed by atoms with Crippen LogP contribution in [0.2, 0.25) is 0 Å². The van der Waals surface area contributed by atoms with E-state index in [1.807, 2.05) is 48.9 Å². The van der Waals surface area contributed by atoms with Gasteiger partial charge in [-0.15, -0.1) is 0 Å². The van der Waals surface area contributed by atoms with Crippen molar-refractivity contribution < 1.29 is 9.59 Å². The number of likely N-dealkylation sites (N-methyl/N-ethyl adjacent to an activating group) is 1. The van der Waals surface area contributed by atoms with Gasteiger partial charge in [0, 0.05) is 31.8 Å². The number of nitrogens with zero attached hydrogens (tertiary/aromatic N) is 3. The van der Waals surface area contributed by atoms with E-state index in [4.69, 9.17) is 0 Å². The fourth-order valence-corrected chi connectivity index (χ4v) is 2.74. The molecule has 2 aromatic rings. The number of nitrogens with one attached hydrogen (secondary N) is 1. The molecule has 1 atom stereocenters. The Hall–Kier alpha value is -2.63. The quantitative estimate of drug-likeness (QED) is 0.912. The van der Waals surface area contributed by atoms with Gasteiger partial charge in [0.2, 0.25) is 11.8 Å². The molecular formula is C18H24N4O2. The molecule has 0 aliphatic carbocycles. The topological polar surface area (TPSA) is 67.2 Å². The van der Waals surface area contributed by atoms with Gasteiger partial charge in [0.05, 0.1) is 11.4 Å². The summed E-state index contributed by atoms with van der Waals surface area (Å²) in [5, 5.41) is 7.21. The standard InChI is InChI=1S/C18H24N4O2/c1-12-17(11-21(5)18(24)13(2)19-15(4)23)14(3)22(20-12)16-9-7-6-8-10-16/h6-10,13H,11H2,1-5H3,(H,19,23). The van der Waals surface area contributed by atoms with Crippen LogP contribution in [0.25, 0.3) is 5.69 Å². The Bertz CT molecular complexity index is 737. The molecule has 1 heterocycles. The molecule has 128 valence electrons. The second-order valence-electron chi connectivity index (χ2n) is 6.01. The lowest BCUT2D eigenvalue weighted by atomic mass is 10.1. The molecule has 2 amide bonds. The van der Waals surface area contributed by atoms with Crippen LogP contribution in [-0.2, 0) is 16.1 Å². The Morgan fingerprint density at radius 3 is 2.46 bits per heavy atom. The Balaban J connectivity index is 2.20. The van der Waals surface area contributed by atoms with Gasteiger partial charge in [-0.05, 0) is 32.9 Å². The highest BCUT2D eigenvalue weighted by Gasteiger charge is 2.21. The summed E-state index contributed by atoms with van der Waals surface area (Å²) in [6, 6.07) is 9.35. The van der Waals surface area contributed by atoms with Crippen LogP contribution < -0.4 is 5.32 Å². The lowest BCUT2D eigenvalue weighted by Gasteiger charge is -2.22. The number of carbonyl (C=O) groups excluding carboxylic acids is 2. The van der Waals surface area contributed by atoms with Gasteiger partial charge in [-0.1, -0.05) is 18.2 Å². The SMILES string of the molecule is CC(=O)NC(C)C(=O)N(C)Cc1c(C)nn(-c2ccccc2)c1C. The first-order valence-electron chi connectivity index (χ1n) is 7.94. The van der Waals surface area contributed by atoms with E-state index in [9.17, 15) is 9.59 Å². The molecule has 6 heteroatoms. The van der Waals surface area contributed by atoms with E-state index < -0.39 is 6.04 Å². The van der Waals surface area contributed by atoms with E-state index in [-0.39, 0.29) is 11.8 Å². The summed E-state index contributed by atoms with van der Waals surface area (Å²) >= 11 is 0. The smallest absolute Gasteiger partial charge is 0.244 e. The lowest BCUT2D eigenvalue weighted by Crippen LogP contribution is -2.44. The van der Waals surface area contributed by atoms with Crippen LogP contribution in [0.3, 0.4) is 0 Å². The van der Waals surface area contributed by atoms with Crippen molar-refractivity contribution in [1.29, 1.82) is 0 Å². The Kier molecular flexibility index (Phi) is 5.39. The first-order chi connectivity index (χ1) is 11.3. The molecule has 0 spiro atoms. The number of amides is 2. The minimum atomic E-state index is -0.544.